The number of urea groups is 1. The van der Waals surface area contributed by atoms with Crippen LogP contribution < -0.4 is 10.6 Å². The molecule has 3 N–H and O–H groups in total. The molecule has 0 spiro atoms. The molecule has 20 heavy (non-hydrogen) atoms. The number of nitrogens with one attached hydrogen (secondary N) is 2. The zero-order valence-electron chi connectivity index (χ0n) is 11.0. The molecule has 1 fully saturated rings. The largest absolute Gasteiger partial charge is 0.478 e. The van der Waals surface area contributed by atoms with Crippen LogP contribution >= 0.6 is 11.6 Å². The number of rotatable bonds is 4. The van der Waals surface area contributed by atoms with Gasteiger partial charge in [0, 0.05) is 11.6 Å². The van der Waals surface area contributed by atoms with Crippen molar-refractivity contribution >= 4 is 29.3 Å². The molecule has 0 aromatic heterocycles. The van der Waals surface area contributed by atoms with Crippen LogP contribution in [-0.4, -0.2) is 23.7 Å². The fourth-order valence-corrected chi connectivity index (χ4v) is 2.60. The monoisotopic (exact) mass is 296 g/mol. The van der Waals surface area contributed by atoms with E-state index in [-0.39, 0.29) is 11.3 Å². The maximum atomic E-state index is 11.8. The molecule has 1 saturated carbocycles. The predicted octanol–water partition coefficient (Wildman–Crippen LogP) is 3.35. The van der Waals surface area contributed by atoms with Crippen LogP contribution in [0.4, 0.5) is 10.5 Å². The highest BCUT2D eigenvalue weighted by Gasteiger charge is 2.17. The molecule has 0 heterocycles. The number of anilines is 1. The molecule has 0 aliphatic heterocycles. The molecule has 0 unspecified atom stereocenters. The molecule has 1 aromatic carbocycles. The molecule has 1 aromatic rings. The summed E-state index contributed by atoms with van der Waals surface area (Å²) in [6.07, 6.45) is 4.70. The van der Waals surface area contributed by atoms with Crippen molar-refractivity contribution in [2.45, 2.75) is 25.7 Å². The second kappa shape index (κ2) is 6.61. The average molecular weight is 297 g/mol. The molecule has 2 amide bonds. The fraction of sp³-hybridized carbons (Fsp3) is 0.429. The Morgan fingerprint density at radius 1 is 1.30 bits per heavy atom. The predicted molar refractivity (Wildman–Crippen MR) is 77.4 cm³/mol. The molecular weight excluding hydrogens is 280 g/mol. The van der Waals surface area contributed by atoms with Crippen molar-refractivity contribution in [2.24, 2.45) is 5.92 Å². The summed E-state index contributed by atoms with van der Waals surface area (Å²) in [6, 6.07) is 3.88. The number of amides is 2. The van der Waals surface area contributed by atoms with Gasteiger partial charge in [0.25, 0.3) is 0 Å². The third-order valence-electron chi connectivity index (χ3n) is 3.49. The summed E-state index contributed by atoms with van der Waals surface area (Å²) in [7, 11) is 0. The van der Waals surface area contributed by atoms with E-state index < -0.39 is 12.0 Å². The highest BCUT2D eigenvalue weighted by Crippen LogP contribution is 2.24. The van der Waals surface area contributed by atoms with Crippen molar-refractivity contribution in [3.63, 3.8) is 0 Å². The summed E-state index contributed by atoms with van der Waals surface area (Å²) in [4.78, 5) is 22.9. The maximum Gasteiger partial charge on any atom is 0.337 e. The van der Waals surface area contributed by atoms with Gasteiger partial charge in [-0.25, -0.2) is 9.59 Å². The van der Waals surface area contributed by atoms with E-state index in [1.807, 2.05) is 0 Å². The number of carbonyl (C=O) groups excluding carboxylic acids is 1. The lowest BCUT2D eigenvalue weighted by Gasteiger charge is -2.13. The van der Waals surface area contributed by atoms with Gasteiger partial charge in [0.15, 0.2) is 0 Å². The Hall–Kier alpha value is -1.75. The highest BCUT2D eigenvalue weighted by atomic mass is 35.5. The minimum atomic E-state index is -1.10. The highest BCUT2D eigenvalue weighted by molar-refractivity contribution is 6.31. The average Bonchev–Trinajstić information content (AvgIpc) is 2.89. The topological polar surface area (TPSA) is 78.4 Å². The summed E-state index contributed by atoms with van der Waals surface area (Å²) >= 11 is 5.82. The van der Waals surface area contributed by atoms with E-state index >= 15 is 0 Å². The minimum Gasteiger partial charge on any atom is -0.478 e. The van der Waals surface area contributed by atoms with Gasteiger partial charge < -0.3 is 15.7 Å². The van der Waals surface area contributed by atoms with Gasteiger partial charge in [-0.2, -0.15) is 0 Å². The first-order valence-corrected chi connectivity index (χ1v) is 7.02. The molecule has 0 saturated heterocycles. The Morgan fingerprint density at radius 3 is 2.65 bits per heavy atom. The van der Waals surface area contributed by atoms with Crippen molar-refractivity contribution in [3.05, 3.63) is 28.8 Å². The van der Waals surface area contributed by atoms with Crippen molar-refractivity contribution < 1.29 is 14.7 Å². The van der Waals surface area contributed by atoms with Crippen molar-refractivity contribution in [3.8, 4) is 0 Å². The molecule has 2 rings (SSSR count). The van der Waals surface area contributed by atoms with Gasteiger partial charge >= 0.3 is 12.0 Å². The second-order valence-corrected chi connectivity index (χ2v) is 5.42. The number of benzene rings is 1. The maximum absolute atomic E-state index is 11.8. The summed E-state index contributed by atoms with van der Waals surface area (Å²) in [6.45, 7) is 0.620. The van der Waals surface area contributed by atoms with Gasteiger partial charge in [0.2, 0.25) is 0 Å². The Balaban J connectivity index is 1.96. The number of halogens is 1. The lowest BCUT2D eigenvalue weighted by Crippen LogP contribution is -2.32. The normalized spacial score (nSPS) is 15.1. The van der Waals surface area contributed by atoms with Crippen LogP contribution in [0.1, 0.15) is 36.0 Å². The smallest absolute Gasteiger partial charge is 0.337 e. The Morgan fingerprint density at radius 2 is 2.00 bits per heavy atom. The van der Waals surface area contributed by atoms with Crippen LogP contribution in [0.3, 0.4) is 0 Å². The van der Waals surface area contributed by atoms with E-state index in [0.717, 1.165) is 12.8 Å². The lowest BCUT2D eigenvalue weighted by molar-refractivity contribution is 0.0698. The number of hydrogen-bond donors (Lipinski definition) is 3. The molecule has 1 aliphatic carbocycles. The molecule has 0 bridgehead atoms. The standard InChI is InChI=1S/C14H17ClN2O3/c15-10-5-6-11(13(18)19)12(7-10)17-14(20)16-8-9-3-1-2-4-9/h5-7,9H,1-4,8H2,(H,18,19)(H2,16,17,20). The lowest BCUT2D eigenvalue weighted by atomic mass is 10.1. The van der Waals surface area contributed by atoms with Gasteiger partial charge in [-0.3, -0.25) is 0 Å². The third kappa shape index (κ3) is 3.87. The van der Waals surface area contributed by atoms with Crippen LogP contribution in [0.5, 0.6) is 0 Å². The van der Waals surface area contributed by atoms with Crippen molar-refractivity contribution in [2.75, 3.05) is 11.9 Å². The Kier molecular flexibility index (Phi) is 4.84. The summed E-state index contributed by atoms with van der Waals surface area (Å²) in [5.41, 5.74) is 0.222. The fourth-order valence-electron chi connectivity index (χ4n) is 2.42. The molecule has 108 valence electrons. The van der Waals surface area contributed by atoms with Crippen LogP contribution in [0.2, 0.25) is 5.02 Å². The Labute approximate surface area is 122 Å². The number of carboxylic acids is 1. The third-order valence-corrected chi connectivity index (χ3v) is 3.72. The number of hydrogen-bond acceptors (Lipinski definition) is 2. The van der Waals surface area contributed by atoms with E-state index in [2.05, 4.69) is 10.6 Å². The molecular formula is C14H17ClN2O3. The summed E-state index contributed by atoms with van der Waals surface area (Å²) in [5.74, 6) is -0.577. The zero-order chi connectivity index (χ0) is 14.5. The molecule has 5 nitrogen and oxygen atoms in total. The van der Waals surface area contributed by atoms with Crippen LogP contribution in [0.15, 0.2) is 18.2 Å². The summed E-state index contributed by atoms with van der Waals surface area (Å²) in [5, 5.41) is 14.7. The van der Waals surface area contributed by atoms with E-state index in [0.29, 0.717) is 17.5 Å². The van der Waals surface area contributed by atoms with E-state index in [1.54, 1.807) is 0 Å². The molecule has 0 atom stereocenters. The van der Waals surface area contributed by atoms with Gasteiger partial charge in [0.05, 0.1) is 11.3 Å². The number of aromatic carboxylic acids is 1. The van der Waals surface area contributed by atoms with E-state index in [4.69, 9.17) is 16.7 Å². The molecule has 6 heteroatoms. The first kappa shape index (κ1) is 14.7. The van der Waals surface area contributed by atoms with Crippen LogP contribution in [0.25, 0.3) is 0 Å². The quantitative estimate of drug-likeness (QED) is 0.797. The second-order valence-electron chi connectivity index (χ2n) is 4.98. The first-order valence-electron chi connectivity index (χ1n) is 6.64. The van der Waals surface area contributed by atoms with Gasteiger partial charge in [-0.1, -0.05) is 24.4 Å². The summed E-state index contributed by atoms with van der Waals surface area (Å²) < 4.78 is 0. The Bertz CT molecular complexity index is 513. The van der Waals surface area contributed by atoms with E-state index in [9.17, 15) is 9.59 Å². The number of carbonyl (C=O) groups is 2. The van der Waals surface area contributed by atoms with Crippen LogP contribution in [0, 0.1) is 5.92 Å². The van der Waals surface area contributed by atoms with Gasteiger partial charge in [0.1, 0.15) is 0 Å². The number of carboxylic acid groups (broad SMARTS) is 1. The molecule has 0 radical (unpaired) electrons. The first-order chi connectivity index (χ1) is 9.56. The molecule has 1 aliphatic rings. The van der Waals surface area contributed by atoms with Crippen molar-refractivity contribution in [1.82, 2.24) is 5.32 Å². The van der Waals surface area contributed by atoms with Gasteiger partial charge in [-0.05, 0) is 37.0 Å². The SMILES string of the molecule is O=C(NCC1CCCC1)Nc1cc(Cl)ccc1C(=O)O. The van der Waals surface area contributed by atoms with Gasteiger partial charge in [-0.15, -0.1) is 0 Å². The van der Waals surface area contributed by atoms with Crippen molar-refractivity contribution in [1.29, 1.82) is 0 Å². The van der Waals surface area contributed by atoms with E-state index in [1.165, 1.54) is 31.0 Å². The minimum absolute atomic E-state index is 0.0189. The van der Waals surface area contributed by atoms with Crippen LogP contribution in [-0.2, 0) is 0 Å². The zero-order valence-corrected chi connectivity index (χ0v) is 11.7.